The largest absolute Gasteiger partial charge is 0.407 e. The Balaban J connectivity index is 1.63. The lowest BCUT2D eigenvalue weighted by molar-refractivity contribution is 0.102. The molecule has 8 heteroatoms. The van der Waals surface area contributed by atoms with Gasteiger partial charge in [0.25, 0.3) is 5.91 Å². The second-order valence-electron chi connectivity index (χ2n) is 6.07. The van der Waals surface area contributed by atoms with Crippen LogP contribution in [0.2, 0.25) is 5.02 Å². The van der Waals surface area contributed by atoms with Crippen LogP contribution in [-0.2, 0) is 6.42 Å². The van der Waals surface area contributed by atoms with Crippen molar-refractivity contribution in [3.8, 4) is 0 Å². The smallest absolute Gasteiger partial charge is 0.322 e. The summed E-state index contributed by atoms with van der Waals surface area (Å²) < 4.78 is 18.5. The van der Waals surface area contributed by atoms with Gasteiger partial charge >= 0.3 is 6.01 Å². The third kappa shape index (κ3) is 5.30. The van der Waals surface area contributed by atoms with Crippen molar-refractivity contribution in [1.82, 2.24) is 10.2 Å². The minimum atomic E-state index is -0.551. The van der Waals surface area contributed by atoms with E-state index in [0.29, 0.717) is 17.6 Å². The molecule has 0 aliphatic rings. The average molecular weight is 406 g/mol. The molecule has 1 N–H and O–H groups in total. The average Bonchev–Trinajstić information content (AvgIpc) is 3.03. The van der Waals surface area contributed by atoms with Gasteiger partial charge in [-0.05, 0) is 35.9 Å². The number of nitrogens with one attached hydrogen (secondary N) is 1. The van der Waals surface area contributed by atoms with Crippen molar-refractivity contribution in [2.75, 3.05) is 5.32 Å². The molecule has 0 spiro atoms. The highest BCUT2D eigenvalue weighted by atomic mass is 35.5. The highest BCUT2D eigenvalue weighted by Gasteiger charge is 2.15. The molecule has 1 amide bonds. The van der Waals surface area contributed by atoms with E-state index in [2.05, 4.69) is 41.5 Å². The molecule has 0 bridgehead atoms. The van der Waals surface area contributed by atoms with Crippen molar-refractivity contribution in [3.05, 3.63) is 70.3 Å². The monoisotopic (exact) mass is 405 g/mol. The second-order valence-corrected chi connectivity index (χ2v) is 8.12. The number of nitrogens with zero attached hydrogens (tertiary/aromatic N) is 2. The Morgan fingerprint density at radius 1 is 1.22 bits per heavy atom. The van der Waals surface area contributed by atoms with Gasteiger partial charge in [0.2, 0.25) is 5.89 Å². The van der Waals surface area contributed by atoms with Gasteiger partial charge in [-0.1, -0.05) is 42.7 Å². The Morgan fingerprint density at radius 3 is 2.63 bits per heavy atom. The lowest BCUT2D eigenvalue weighted by atomic mass is 10.1. The van der Waals surface area contributed by atoms with Crippen molar-refractivity contribution < 1.29 is 13.6 Å². The predicted molar refractivity (Wildman–Crippen MR) is 104 cm³/mol. The zero-order valence-electron chi connectivity index (χ0n) is 14.7. The maximum atomic E-state index is 13.1. The summed E-state index contributed by atoms with van der Waals surface area (Å²) in [6, 6.07) is 11.6. The summed E-state index contributed by atoms with van der Waals surface area (Å²) in [6.07, 6.45) is 0.451. The lowest BCUT2D eigenvalue weighted by Crippen LogP contribution is -2.12. The highest BCUT2D eigenvalue weighted by Crippen LogP contribution is 2.24. The summed E-state index contributed by atoms with van der Waals surface area (Å²) in [5.41, 5.74) is 1.14. The number of amides is 1. The molecule has 0 atom stereocenters. The Hall–Kier alpha value is -2.38. The van der Waals surface area contributed by atoms with Crippen LogP contribution in [0, 0.1) is 5.82 Å². The van der Waals surface area contributed by atoms with E-state index in [1.807, 2.05) is 12.1 Å². The van der Waals surface area contributed by atoms with Crippen LogP contribution < -0.4 is 5.32 Å². The molecule has 0 saturated carbocycles. The van der Waals surface area contributed by atoms with Crippen LogP contribution in [0.4, 0.5) is 10.4 Å². The van der Waals surface area contributed by atoms with Gasteiger partial charge in [-0.15, -0.1) is 16.9 Å². The molecule has 1 heterocycles. The van der Waals surface area contributed by atoms with Gasteiger partial charge in [0.05, 0.1) is 17.0 Å². The fourth-order valence-corrected chi connectivity index (χ4v) is 3.44. The van der Waals surface area contributed by atoms with E-state index in [1.165, 1.54) is 11.0 Å². The molecule has 0 aliphatic carbocycles. The molecule has 0 unspecified atom stereocenters. The summed E-state index contributed by atoms with van der Waals surface area (Å²) in [5.74, 6) is -0.695. The van der Waals surface area contributed by atoms with Gasteiger partial charge in [0.1, 0.15) is 5.82 Å². The molecule has 3 aromatic rings. The molecule has 0 saturated heterocycles. The van der Waals surface area contributed by atoms with Crippen molar-refractivity contribution >= 4 is 35.3 Å². The summed E-state index contributed by atoms with van der Waals surface area (Å²) in [4.78, 5) is 13.4. The number of thioether (sulfide) groups is 1. The third-order valence-electron chi connectivity index (χ3n) is 3.51. The van der Waals surface area contributed by atoms with Crippen molar-refractivity contribution in [2.45, 2.75) is 30.4 Å². The number of carbonyl (C=O) groups excluding carboxylic acids is 1. The topological polar surface area (TPSA) is 68.0 Å². The molecule has 0 aliphatic heterocycles. The normalized spacial score (nSPS) is 11.0. The molecule has 0 radical (unpaired) electrons. The maximum Gasteiger partial charge on any atom is 0.322 e. The van der Waals surface area contributed by atoms with Crippen LogP contribution in [0.1, 0.15) is 35.7 Å². The zero-order valence-corrected chi connectivity index (χ0v) is 16.3. The minimum absolute atomic E-state index is 0.00611. The number of aromatic nitrogens is 2. The fourth-order valence-electron chi connectivity index (χ4n) is 2.35. The van der Waals surface area contributed by atoms with E-state index in [4.69, 9.17) is 16.0 Å². The summed E-state index contributed by atoms with van der Waals surface area (Å²) >= 11 is 7.67. The van der Waals surface area contributed by atoms with E-state index in [1.54, 1.807) is 11.8 Å². The first-order valence-corrected chi connectivity index (χ1v) is 9.51. The molecule has 1 aromatic heterocycles. The Labute approximate surface area is 165 Å². The van der Waals surface area contributed by atoms with Crippen LogP contribution in [0.5, 0.6) is 0 Å². The molecular weight excluding hydrogens is 389 g/mol. The van der Waals surface area contributed by atoms with Crippen LogP contribution in [0.3, 0.4) is 0 Å². The van der Waals surface area contributed by atoms with Gasteiger partial charge in [0, 0.05) is 10.1 Å². The SMILES string of the molecule is CC(C)Sc1ccc(Cc2nnc(NC(=O)c3ccc(F)cc3Cl)o2)cc1. The zero-order chi connectivity index (χ0) is 19.4. The number of hydrogen-bond acceptors (Lipinski definition) is 5. The quantitative estimate of drug-likeness (QED) is 0.570. The number of rotatable bonds is 6. The number of hydrogen-bond donors (Lipinski definition) is 1. The molecule has 5 nitrogen and oxygen atoms in total. The van der Waals surface area contributed by atoms with E-state index in [9.17, 15) is 9.18 Å². The molecule has 0 fully saturated rings. The maximum absolute atomic E-state index is 13.1. The first-order valence-electron chi connectivity index (χ1n) is 8.25. The number of halogens is 2. The van der Waals surface area contributed by atoms with Gasteiger partial charge in [0.15, 0.2) is 0 Å². The molecule has 140 valence electrons. The molecule has 27 heavy (non-hydrogen) atoms. The fraction of sp³-hybridized carbons (Fsp3) is 0.211. The lowest BCUT2D eigenvalue weighted by Gasteiger charge is -2.05. The van der Waals surface area contributed by atoms with Crippen LogP contribution in [0.15, 0.2) is 51.8 Å². The Bertz CT molecular complexity index is 944. The van der Waals surface area contributed by atoms with Crippen LogP contribution in [-0.4, -0.2) is 21.4 Å². The molecule has 2 aromatic carbocycles. The Kier molecular flexibility index (Phi) is 6.13. The van der Waals surface area contributed by atoms with Gasteiger partial charge in [-0.3, -0.25) is 10.1 Å². The van der Waals surface area contributed by atoms with Crippen LogP contribution in [0.25, 0.3) is 0 Å². The molecule has 3 rings (SSSR count). The number of anilines is 1. The molecular formula is C19H17ClFN3O2S. The second kappa shape index (κ2) is 8.54. The standard InChI is InChI=1S/C19H17ClFN3O2S/c1-11(2)27-14-6-3-12(4-7-14)9-17-23-24-19(26-17)22-18(25)15-8-5-13(21)10-16(15)20/h3-8,10-11H,9H2,1-2H3,(H,22,24,25). The number of carbonyl (C=O) groups is 1. The number of benzene rings is 2. The first-order chi connectivity index (χ1) is 12.9. The van der Waals surface area contributed by atoms with Crippen molar-refractivity contribution in [2.24, 2.45) is 0 Å². The van der Waals surface area contributed by atoms with E-state index in [-0.39, 0.29) is 16.6 Å². The van der Waals surface area contributed by atoms with Gasteiger partial charge in [-0.2, -0.15) is 0 Å². The van der Waals surface area contributed by atoms with Crippen molar-refractivity contribution in [1.29, 1.82) is 0 Å². The van der Waals surface area contributed by atoms with E-state index < -0.39 is 11.7 Å². The van der Waals surface area contributed by atoms with Crippen molar-refractivity contribution in [3.63, 3.8) is 0 Å². The summed E-state index contributed by atoms with van der Waals surface area (Å²) in [5, 5.41) is 10.7. The highest BCUT2D eigenvalue weighted by molar-refractivity contribution is 7.99. The van der Waals surface area contributed by atoms with Crippen LogP contribution >= 0.6 is 23.4 Å². The summed E-state index contributed by atoms with van der Waals surface area (Å²) in [6.45, 7) is 4.29. The van der Waals surface area contributed by atoms with E-state index in [0.717, 1.165) is 17.7 Å². The predicted octanol–water partition coefficient (Wildman–Crippen LogP) is 5.21. The van der Waals surface area contributed by atoms with Gasteiger partial charge < -0.3 is 4.42 Å². The third-order valence-corrected chi connectivity index (χ3v) is 4.84. The van der Waals surface area contributed by atoms with E-state index >= 15 is 0 Å². The first kappa shape index (κ1) is 19.4. The summed E-state index contributed by atoms with van der Waals surface area (Å²) in [7, 11) is 0. The minimum Gasteiger partial charge on any atom is -0.407 e. The Morgan fingerprint density at radius 2 is 1.96 bits per heavy atom. The van der Waals surface area contributed by atoms with Gasteiger partial charge in [-0.25, -0.2) is 4.39 Å².